The van der Waals surface area contributed by atoms with Crippen LogP contribution in [0.3, 0.4) is 0 Å². The number of nitrogens with one attached hydrogen (secondary N) is 1. The smallest absolute Gasteiger partial charge is 0.350 e. The van der Waals surface area contributed by atoms with Crippen LogP contribution >= 0.6 is 0 Å². The van der Waals surface area contributed by atoms with Gasteiger partial charge in [-0.3, -0.25) is 9.78 Å². The van der Waals surface area contributed by atoms with E-state index >= 15 is 0 Å². The van der Waals surface area contributed by atoms with Crippen molar-refractivity contribution >= 4 is 19.0 Å². The number of amides is 1. The number of alkyl halides is 6. The van der Waals surface area contributed by atoms with Gasteiger partial charge < -0.3 is 14.9 Å². The number of hydrogen-bond donors (Lipinski definition) is 1. The molecule has 1 N–H and O–H groups in total. The fraction of sp³-hybridized carbons (Fsp3) is 0.500. The van der Waals surface area contributed by atoms with Crippen molar-refractivity contribution in [2.45, 2.75) is 72.2 Å². The summed E-state index contributed by atoms with van der Waals surface area (Å²) < 4.78 is 73.3. The summed E-state index contributed by atoms with van der Waals surface area (Å²) in [5.41, 5.74) is -0.732. The fourth-order valence-corrected chi connectivity index (χ4v) is 3.54. The lowest BCUT2D eigenvalue weighted by atomic mass is 9.72. The minimum atomic E-state index is -4.44. The first-order valence-corrected chi connectivity index (χ1v) is 12.3. The van der Waals surface area contributed by atoms with Crippen LogP contribution in [0.2, 0.25) is 0 Å². The van der Waals surface area contributed by atoms with E-state index in [1.54, 1.807) is 13.0 Å². The second kappa shape index (κ2) is 16.7. The summed E-state index contributed by atoms with van der Waals surface area (Å²) in [6, 6.07) is 7.22. The Hall–Kier alpha value is -3.24. The first kappa shape index (κ1) is 35.8. The summed E-state index contributed by atoms with van der Waals surface area (Å²) in [7, 11) is 0. The molecule has 0 unspecified atom stereocenters. The zero-order valence-electron chi connectivity index (χ0n) is 22.6. The first-order chi connectivity index (χ1) is 18.1. The summed E-state index contributed by atoms with van der Waals surface area (Å²) >= 11 is 0. The third-order valence-electron chi connectivity index (χ3n) is 5.99. The molecule has 1 heterocycles. The highest BCUT2D eigenvalue weighted by Gasteiger charge is 2.32. The van der Waals surface area contributed by atoms with E-state index in [1.807, 2.05) is 13.7 Å². The minimum absolute atomic E-state index is 0.0146. The van der Waals surface area contributed by atoms with Crippen molar-refractivity contribution in [1.29, 1.82) is 0 Å². The molecule has 0 aliphatic heterocycles. The SMILES string of the molecule is C=O.CC1CCC(C)(CNC(=O)c2ccc(C(F)(F)F)cn2)CC1.CCC=O.Cc1cccc(C(F)(F)F)c1. The highest BCUT2D eigenvalue weighted by molar-refractivity contribution is 5.92. The van der Waals surface area contributed by atoms with Gasteiger partial charge in [0.05, 0.1) is 11.1 Å². The lowest BCUT2D eigenvalue weighted by Crippen LogP contribution is -2.38. The van der Waals surface area contributed by atoms with E-state index in [9.17, 15) is 35.9 Å². The van der Waals surface area contributed by atoms with Crippen LogP contribution in [0.15, 0.2) is 42.6 Å². The average molecular weight is 563 g/mol. The Kier molecular flexibility index (Phi) is 15.3. The highest BCUT2D eigenvalue weighted by Crippen LogP contribution is 2.38. The molecule has 1 fully saturated rings. The molecule has 0 spiro atoms. The van der Waals surface area contributed by atoms with Crippen molar-refractivity contribution in [2.24, 2.45) is 11.3 Å². The van der Waals surface area contributed by atoms with Gasteiger partial charge in [-0.2, -0.15) is 26.3 Å². The molecule has 0 bridgehead atoms. The number of hydrogen-bond acceptors (Lipinski definition) is 4. The molecular weight excluding hydrogens is 526 g/mol. The van der Waals surface area contributed by atoms with Crippen LogP contribution in [-0.4, -0.2) is 30.5 Å². The van der Waals surface area contributed by atoms with E-state index in [4.69, 9.17) is 4.79 Å². The Morgan fingerprint density at radius 3 is 1.97 bits per heavy atom. The quantitative estimate of drug-likeness (QED) is 0.310. The van der Waals surface area contributed by atoms with Crippen LogP contribution in [0.5, 0.6) is 0 Å². The summed E-state index contributed by atoms with van der Waals surface area (Å²) in [6.45, 7) is 10.3. The van der Waals surface area contributed by atoms with Gasteiger partial charge in [-0.15, -0.1) is 0 Å². The molecule has 39 heavy (non-hydrogen) atoms. The van der Waals surface area contributed by atoms with Crippen LogP contribution in [0, 0.1) is 18.3 Å². The Labute approximate surface area is 225 Å². The average Bonchev–Trinajstić information content (AvgIpc) is 2.90. The van der Waals surface area contributed by atoms with Gasteiger partial charge in [0.25, 0.3) is 5.91 Å². The van der Waals surface area contributed by atoms with Crippen molar-refractivity contribution in [3.63, 3.8) is 0 Å². The molecule has 5 nitrogen and oxygen atoms in total. The predicted molar refractivity (Wildman–Crippen MR) is 137 cm³/mol. The standard InChI is InChI=1S/C16H21F3N2O.C8H7F3.C3H6O.CH2O/c1-11-5-7-15(2,8-6-11)10-21-14(22)13-4-3-12(9-20-13)16(17,18)19;1-6-3-2-4-7(5-6)8(9,10)11;1-2-3-4;1-2/h3-4,9,11H,5-8,10H2,1-2H3,(H,21,22);2-5H,1H3;3H,2H2,1H3;1H2. The predicted octanol–water partition coefficient (Wildman–Crippen LogP) is 7.47. The molecule has 1 amide bonds. The molecule has 1 aliphatic carbocycles. The molecule has 11 heteroatoms. The Morgan fingerprint density at radius 1 is 1.05 bits per heavy atom. The molecule has 1 saturated carbocycles. The molecular formula is C28H36F6N2O3. The molecule has 1 aromatic carbocycles. The maximum Gasteiger partial charge on any atom is 0.417 e. The Bertz CT molecular complexity index is 1000. The monoisotopic (exact) mass is 562 g/mol. The van der Waals surface area contributed by atoms with Gasteiger partial charge in [-0.25, -0.2) is 0 Å². The van der Waals surface area contributed by atoms with Gasteiger partial charge in [0, 0.05) is 19.2 Å². The van der Waals surface area contributed by atoms with Crippen molar-refractivity contribution in [3.05, 3.63) is 65.0 Å². The van der Waals surface area contributed by atoms with Crippen LogP contribution in [0.25, 0.3) is 0 Å². The van der Waals surface area contributed by atoms with E-state index in [0.29, 0.717) is 24.7 Å². The number of aryl methyl sites for hydroxylation is 1. The topological polar surface area (TPSA) is 76.1 Å². The lowest BCUT2D eigenvalue weighted by molar-refractivity contribution is -0.138. The summed E-state index contributed by atoms with van der Waals surface area (Å²) in [5.74, 6) is 0.300. The van der Waals surface area contributed by atoms with Crippen LogP contribution in [-0.2, 0) is 21.9 Å². The van der Waals surface area contributed by atoms with Crippen LogP contribution in [0.1, 0.15) is 80.1 Å². The molecule has 2 aromatic rings. The van der Waals surface area contributed by atoms with E-state index in [1.165, 1.54) is 6.07 Å². The number of aldehydes is 1. The van der Waals surface area contributed by atoms with Gasteiger partial charge in [0.15, 0.2) is 0 Å². The van der Waals surface area contributed by atoms with Crippen molar-refractivity contribution in [2.75, 3.05) is 6.54 Å². The summed E-state index contributed by atoms with van der Waals surface area (Å²) in [4.78, 5) is 32.8. The second-order valence-electron chi connectivity index (χ2n) is 9.55. The summed E-state index contributed by atoms with van der Waals surface area (Å²) in [5, 5.41) is 2.80. The largest absolute Gasteiger partial charge is 0.417 e. The number of rotatable bonds is 4. The van der Waals surface area contributed by atoms with E-state index in [-0.39, 0.29) is 11.1 Å². The Morgan fingerprint density at radius 2 is 1.59 bits per heavy atom. The lowest BCUT2D eigenvalue weighted by Gasteiger charge is -2.36. The van der Waals surface area contributed by atoms with Crippen molar-refractivity contribution in [3.8, 4) is 0 Å². The number of carbonyl (C=O) groups is 3. The maximum atomic E-state index is 12.5. The number of benzene rings is 1. The molecule has 1 aliphatic rings. The normalized spacial score (nSPS) is 18.6. The number of halogens is 6. The first-order valence-electron chi connectivity index (χ1n) is 12.3. The zero-order valence-corrected chi connectivity index (χ0v) is 22.6. The van der Waals surface area contributed by atoms with Crippen LogP contribution < -0.4 is 5.32 Å². The number of nitrogens with zero attached hydrogens (tertiary/aromatic N) is 1. The number of carbonyl (C=O) groups excluding carboxylic acids is 3. The molecule has 0 saturated heterocycles. The maximum absolute atomic E-state index is 12.5. The molecule has 0 atom stereocenters. The van der Waals surface area contributed by atoms with Gasteiger partial charge in [-0.05, 0) is 49.3 Å². The van der Waals surface area contributed by atoms with Crippen LogP contribution in [0.4, 0.5) is 26.3 Å². The molecule has 0 radical (unpaired) electrons. The molecule has 218 valence electrons. The molecule has 3 rings (SSSR count). The minimum Gasteiger partial charge on any atom is -0.350 e. The van der Waals surface area contributed by atoms with E-state index in [2.05, 4.69) is 24.1 Å². The third kappa shape index (κ3) is 13.9. The van der Waals surface area contributed by atoms with Gasteiger partial charge in [0.1, 0.15) is 18.8 Å². The Balaban J connectivity index is 0.000000706. The van der Waals surface area contributed by atoms with Gasteiger partial charge in [0.2, 0.25) is 0 Å². The number of aromatic nitrogens is 1. The fourth-order valence-electron chi connectivity index (χ4n) is 3.54. The molecule has 1 aromatic heterocycles. The van der Waals surface area contributed by atoms with Crippen molar-refractivity contribution in [1.82, 2.24) is 10.3 Å². The van der Waals surface area contributed by atoms with Crippen molar-refractivity contribution < 1.29 is 40.7 Å². The second-order valence-corrected chi connectivity index (χ2v) is 9.55. The summed E-state index contributed by atoms with van der Waals surface area (Å²) in [6.07, 6.45) is -2.06. The third-order valence-corrected chi connectivity index (χ3v) is 5.99. The van der Waals surface area contributed by atoms with E-state index in [0.717, 1.165) is 62.2 Å². The zero-order chi connectivity index (χ0) is 30.3. The van der Waals surface area contributed by atoms with Gasteiger partial charge >= 0.3 is 12.4 Å². The van der Waals surface area contributed by atoms with Gasteiger partial charge in [-0.1, -0.05) is 57.4 Å². The highest BCUT2D eigenvalue weighted by atomic mass is 19.4. The number of pyridine rings is 1. The van der Waals surface area contributed by atoms with E-state index < -0.39 is 29.4 Å².